The van der Waals surface area contributed by atoms with E-state index in [4.69, 9.17) is 9.47 Å². The Kier molecular flexibility index (Phi) is 10.2. The molecule has 0 amide bonds. The summed E-state index contributed by atoms with van der Waals surface area (Å²) in [5.74, 6) is 1.62. The molecule has 1 atom stereocenters. The molecule has 130 valence electrons. The minimum atomic E-state index is 0.596. The molecule has 0 aromatic heterocycles. The summed E-state index contributed by atoms with van der Waals surface area (Å²) in [5, 5.41) is 3.48. The zero-order valence-corrected chi connectivity index (χ0v) is 14.8. The first kappa shape index (κ1) is 19.2. The summed E-state index contributed by atoms with van der Waals surface area (Å²) in [6.07, 6.45) is 1.17. The van der Waals surface area contributed by atoms with Crippen molar-refractivity contribution in [3.63, 3.8) is 0 Å². The zero-order chi connectivity index (χ0) is 16.2. The van der Waals surface area contributed by atoms with Gasteiger partial charge in [0.25, 0.3) is 0 Å². The SMILES string of the molecule is CCN(CC)CCNC(=NC)N1CCC(COCCOC)C1. The molecule has 6 heteroatoms. The van der Waals surface area contributed by atoms with Crippen LogP contribution in [0, 0.1) is 5.92 Å². The van der Waals surface area contributed by atoms with Gasteiger partial charge in [-0.25, -0.2) is 0 Å². The second kappa shape index (κ2) is 11.7. The number of guanidine groups is 1. The second-order valence-electron chi connectivity index (χ2n) is 5.67. The highest BCUT2D eigenvalue weighted by molar-refractivity contribution is 5.80. The van der Waals surface area contributed by atoms with E-state index < -0.39 is 0 Å². The van der Waals surface area contributed by atoms with Gasteiger partial charge in [-0.3, -0.25) is 4.99 Å². The minimum absolute atomic E-state index is 0.596. The van der Waals surface area contributed by atoms with Crippen molar-refractivity contribution in [3.8, 4) is 0 Å². The van der Waals surface area contributed by atoms with E-state index in [2.05, 4.69) is 34.0 Å². The van der Waals surface area contributed by atoms with Crippen molar-refractivity contribution in [1.29, 1.82) is 0 Å². The van der Waals surface area contributed by atoms with E-state index in [1.807, 2.05) is 7.05 Å². The van der Waals surface area contributed by atoms with Gasteiger partial charge in [0.2, 0.25) is 0 Å². The monoisotopic (exact) mass is 314 g/mol. The number of ether oxygens (including phenoxy) is 2. The average molecular weight is 314 g/mol. The van der Waals surface area contributed by atoms with Crippen molar-refractivity contribution in [2.45, 2.75) is 20.3 Å². The van der Waals surface area contributed by atoms with Crippen LogP contribution in [0.3, 0.4) is 0 Å². The fraction of sp³-hybridized carbons (Fsp3) is 0.938. The number of rotatable bonds is 10. The Bertz CT molecular complexity index is 309. The van der Waals surface area contributed by atoms with E-state index in [0.717, 1.165) is 51.8 Å². The van der Waals surface area contributed by atoms with Crippen LogP contribution in [-0.2, 0) is 9.47 Å². The van der Waals surface area contributed by atoms with Crippen molar-refractivity contribution in [1.82, 2.24) is 15.1 Å². The second-order valence-corrected chi connectivity index (χ2v) is 5.67. The Labute approximate surface area is 135 Å². The summed E-state index contributed by atoms with van der Waals surface area (Å²) >= 11 is 0. The Morgan fingerprint density at radius 1 is 1.32 bits per heavy atom. The molecular formula is C16H34N4O2. The quantitative estimate of drug-likeness (QED) is 0.369. The standard InChI is InChI=1S/C16H34N4O2/c1-5-19(6-2)10-8-18-16(17-3)20-9-7-15(13-20)14-22-12-11-21-4/h15H,5-14H2,1-4H3,(H,17,18). The average Bonchev–Trinajstić information content (AvgIpc) is 3.00. The summed E-state index contributed by atoms with van der Waals surface area (Å²) in [6, 6.07) is 0. The van der Waals surface area contributed by atoms with E-state index in [-0.39, 0.29) is 0 Å². The summed E-state index contributed by atoms with van der Waals surface area (Å²) in [7, 11) is 3.57. The molecule has 1 N–H and O–H groups in total. The largest absolute Gasteiger partial charge is 0.382 e. The molecule has 0 saturated carbocycles. The number of nitrogens with one attached hydrogen (secondary N) is 1. The number of nitrogens with zero attached hydrogens (tertiary/aromatic N) is 3. The number of aliphatic imine (C=N–C) groups is 1. The van der Waals surface area contributed by atoms with E-state index in [9.17, 15) is 0 Å². The maximum absolute atomic E-state index is 5.64. The minimum Gasteiger partial charge on any atom is -0.382 e. The lowest BCUT2D eigenvalue weighted by atomic mass is 10.1. The van der Waals surface area contributed by atoms with Crippen LogP contribution in [0.4, 0.5) is 0 Å². The molecule has 6 nitrogen and oxygen atoms in total. The van der Waals surface area contributed by atoms with Gasteiger partial charge in [0.05, 0.1) is 19.8 Å². The fourth-order valence-corrected chi connectivity index (χ4v) is 2.75. The number of methoxy groups -OCH3 is 1. The van der Waals surface area contributed by atoms with Gasteiger partial charge in [-0.1, -0.05) is 13.8 Å². The topological polar surface area (TPSA) is 49.3 Å². The molecule has 0 aromatic rings. The van der Waals surface area contributed by atoms with Crippen LogP contribution in [0.1, 0.15) is 20.3 Å². The summed E-state index contributed by atoms with van der Waals surface area (Å²) in [5.41, 5.74) is 0. The maximum Gasteiger partial charge on any atom is 0.193 e. The van der Waals surface area contributed by atoms with E-state index in [1.165, 1.54) is 6.42 Å². The maximum atomic E-state index is 5.64. The molecule has 1 heterocycles. The first-order valence-corrected chi connectivity index (χ1v) is 8.49. The van der Waals surface area contributed by atoms with Crippen molar-refractivity contribution in [2.75, 3.05) is 73.2 Å². The smallest absolute Gasteiger partial charge is 0.193 e. The predicted octanol–water partition coefficient (Wildman–Crippen LogP) is 0.889. The third-order valence-corrected chi connectivity index (χ3v) is 4.19. The van der Waals surface area contributed by atoms with E-state index in [1.54, 1.807) is 7.11 Å². The van der Waals surface area contributed by atoms with Crippen LogP contribution in [0.2, 0.25) is 0 Å². The molecule has 1 aliphatic heterocycles. The zero-order valence-electron chi connectivity index (χ0n) is 14.8. The van der Waals surface area contributed by atoms with Crippen molar-refractivity contribution >= 4 is 5.96 Å². The molecule has 1 rings (SSSR count). The molecule has 0 aliphatic carbocycles. The van der Waals surface area contributed by atoms with Crippen LogP contribution in [-0.4, -0.2) is 89.0 Å². The van der Waals surface area contributed by atoms with Crippen LogP contribution >= 0.6 is 0 Å². The van der Waals surface area contributed by atoms with Gasteiger partial charge in [-0.15, -0.1) is 0 Å². The number of likely N-dealkylation sites (tertiary alicyclic amines) is 1. The van der Waals surface area contributed by atoms with Gasteiger partial charge in [-0.2, -0.15) is 0 Å². The van der Waals surface area contributed by atoms with Crippen LogP contribution < -0.4 is 5.32 Å². The Balaban J connectivity index is 2.24. The van der Waals surface area contributed by atoms with Gasteiger partial charge >= 0.3 is 0 Å². The fourth-order valence-electron chi connectivity index (χ4n) is 2.75. The van der Waals surface area contributed by atoms with Crippen molar-refractivity contribution in [2.24, 2.45) is 10.9 Å². The molecule has 0 aromatic carbocycles. The lowest BCUT2D eigenvalue weighted by Gasteiger charge is -2.24. The normalized spacial score (nSPS) is 19.2. The van der Waals surface area contributed by atoms with Crippen molar-refractivity contribution < 1.29 is 9.47 Å². The van der Waals surface area contributed by atoms with Crippen LogP contribution in [0.25, 0.3) is 0 Å². The van der Waals surface area contributed by atoms with Crippen LogP contribution in [0.5, 0.6) is 0 Å². The van der Waals surface area contributed by atoms with Gasteiger partial charge in [0, 0.05) is 46.3 Å². The highest BCUT2D eigenvalue weighted by Crippen LogP contribution is 2.16. The predicted molar refractivity (Wildman–Crippen MR) is 91.5 cm³/mol. The lowest BCUT2D eigenvalue weighted by molar-refractivity contribution is 0.0536. The lowest BCUT2D eigenvalue weighted by Crippen LogP contribution is -2.43. The molecule has 1 aliphatic rings. The number of hydrogen-bond donors (Lipinski definition) is 1. The molecule has 1 fully saturated rings. The highest BCUT2D eigenvalue weighted by Gasteiger charge is 2.24. The highest BCUT2D eigenvalue weighted by atomic mass is 16.5. The molecule has 1 saturated heterocycles. The third kappa shape index (κ3) is 6.94. The number of hydrogen-bond acceptors (Lipinski definition) is 4. The number of likely N-dealkylation sites (N-methyl/N-ethyl adjacent to an activating group) is 1. The first-order chi connectivity index (χ1) is 10.7. The van der Waals surface area contributed by atoms with Gasteiger partial charge in [0.1, 0.15) is 0 Å². The van der Waals surface area contributed by atoms with E-state index >= 15 is 0 Å². The molecular weight excluding hydrogens is 280 g/mol. The molecule has 1 unspecified atom stereocenters. The van der Waals surface area contributed by atoms with Gasteiger partial charge in [-0.05, 0) is 19.5 Å². The summed E-state index contributed by atoms with van der Waals surface area (Å²) < 4.78 is 10.6. The molecule has 0 radical (unpaired) electrons. The molecule has 22 heavy (non-hydrogen) atoms. The summed E-state index contributed by atoms with van der Waals surface area (Å²) in [6.45, 7) is 12.9. The summed E-state index contributed by atoms with van der Waals surface area (Å²) in [4.78, 5) is 9.17. The Hall–Kier alpha value is -0.850. The van der Waals surface area contributed by atoms with Gasteiger partial charge in [0.15, 0.2) is 5.96 Å². The van der Waals surface area contributed by atoms with Gasteiger partial charge < -0.3 is 24.6 Å². The van der Waals surface area contributed by atoms with E-state index in [0.29, 0.717) is 19.1 Å². The Morgan fingerprint density at radius 2 is 2.09 bits per heavy atom. The third-order valence-electron chi connectivity index (χ3n) is 4.19. The Morgan fingerprint density at radius 3 is 2.73 bits per heavy atom. The molecule has 0 spiro atoms. The first-order valence-electron chi connectivity index (χ1n) is 8.49. The van der Waals surface area contributed by atoms with Crippen LogP contribution in [0.15, 0.2) is 4.99 Å². The van der Waals surface area contributed by atoms with Crippen molar-refractivity contribution in [3.05, 3.63) is 0 Å². The molecule has 0 bridgehead atoms.